The van der Waals surface area contributed by atoms with Crippen molar-refractivity contribution in [1.29, 1.82) is 0 Å². The maximum Gasteiger partial charge on any atom is 0.257 e. The lowest BCUT2D eigenvalue weighted by molar-refractivity contribution is -0.0236. The van der Waals surface area contributed by atoms with Crippen LogP contribution >= 0.6 is 0 Å². The Bertz CT molecular complexity index is 900. The van der Waals surface area contributed by atoms with Gasteiger partial charge in [0.25, 0.3) is 5.91 Å². The van der Waals surface area contributed by atoms with Crippen molar-refractivity contribution in [3.63, 3.8) is 0 Å². The highest BCUT2D eigenvalue weighted by molar-refractivity contribution is 5.94. The van der Waals surface area contributed by atoms with E-state index < -0.39 is 34.6 Å². The van der Waals surface area contributed by atoms with Crippen LogP contribution in [0.1, 0.15) is 41.6 Å². The van der Waals surface area contributed by atoms with Gasteiger partial charge in [-0.3, -0.25) is 9.69 Å². The molecule has 0 spiro atoms. The third kappa shape index (κ3) is 4.85. The van der Waals surface area contributed by atoms with E-state index in [-0.39, 0.29) is 12.6 Å². The molecule has 4 rings (SSSR count). The van der Waals surface area contributed by atoms with Crippen molar-refractivity contribution in [2.24, 2.45) is 0 Å². The minimum atomic E-state index is -0.875. The zero-order valence-electron chi connectivity index (χ0n) is 18.1. The van der Waals surface area contributed by atoms with Crippen molar-refractivity contribution in [1.82, 2.24) is 10.2 Å². The number of halogens is 2. The van der Waals surface area contributed by atoms with Crippen LogP contribution in [0.2, 0.25) is 0 Å². The first-order valence-electron chi connectivity index (χ1n) is 11.3. The molecule has 2 aromatic rings. The Morgan fingerprint density at radius 1 is 1.03 bits per heavy atom. The van der Waals surface area contributed by atoms with Gasteiger partial charge in [-0.05, 0) is 43.4 Å². The lowest BCUT2D eigenvalue weighted by Crippen LogP contribution is -2.48. The average Bonchev–Trinajstić information content (AvgIpc) is 2.98. The summed E-state index contributed by atoms with van der Waals surface area (Å²) in [6, 6.07) is 13.3. The number of benzene rings is 2. The number of morpholine rings is 1. The SMILES string of the molecule is O=C(NC[C@]1(c2ccccc2)CC[C@@H](O)[C@H](N2CCOCC2)CC1)c1c(F)cccc1F. The third-order valence-electron chi connectivity index (χ3n) is 6.96. The first-order valence-corrected chi connectivity index (χ1v) is 11.3. The van der Waals surface area contributed by atoms with Crippen molar-refractivity contribution in [2.45, 2.75) is 43.2 Å². The molecule has 2 N–H and O–H groups in total. The summed E-state index contributed by atoms with van der Waals surface area (Å²) in [7, 11) is 0. The van der Waals surface area contributed by atoms with E-state index in [1.165, 1.54) is 6.07 Å². The topological polar surface area (TPSA) is 61.8 Å². The van der Waals surface area contributed by atoms with Gasteiger partial charge in [-0.25, -0.2) is 8.78 Å². The maximum atomic E-state index is 14.1. The molecule has 2 aromatic carbocycles. The van der Waals surface area contributed by atoms with Gasteiger partial charge in [0.1, 0.15) is 17.2 Å². The van der Waals surface area contributed by atoms with Crippen LogP contribution in [0.5, 0.6) is 0 Å². The van der Waals surface area contributed by atoms with Gasteiger partial charge in [-0.1, -0.05) is 36.4 Å². The first-order chi connectivity index (χ1) is 15.5. The normalized spacial score (nSPS) is 27.0. The molecule has 1 aliphatic heterocycles. The predicted molar refractivity (Wildman–Crippen MR) is 117 cm³/mol. The van der Waals surface area contributed by atoms with Crippen molar-refractivity contribution in [2.75, 3.05) is 32.8 Å². The molecule has 0 unspecified atom stereocenters. The molecule has 3 atom stereocenters. The number of aliphatic hydroxyl groups excluding tert-OH is 1. The zero-order chi connectivity index (χ0) is 22.6. The minimum Gasteiger partial charge on any atom is -0.391 e. The van der Waals surface area contributed by atoms with E-state index in [2.05, 4.69) is 10.2 Å². The molecule has 1 saturated heterocycles. The smallest absolute Gasteiger partial charge is 0.257 e. The van der Waals surface area contributed by atoms with Crippen LogP contribution in [0.4, 0.5) is 8.78 Å². The van der Waals surface area contributed by atoms with E-state index in [0.29, 0.717) is 26.1 Å². The Morgan fingerprint density at radius 3 is 2.38 bits per heavy atom. The molecule has 1 amide bonds. The molecule has 2 fully saturated rings. The Balaban J connectivity index is 1.56. The summed E-state index contributed by atoms with van der Waals surface area (Å²) >= 11 is 0. The number of rotatable bonds is 5. The quantitative estimate of drug-likeness (QED) is 0.695. The fourth-order valence-electron chi connectivity index (χ4n) is 5.10. The molecule has 1 heterocycles. The van der Waals surface area contributed by atoms with Crippen LogP contribution in [0.25, 0.3) is 0 Å². The number of nitrogens with zero attached hydrogens (tertiary/aromatic N) is 1. The Morgan fingerprint density at radius 2 is 1.69 bits per heavy atom. The van der Waals surface area contributed by atoms with Gasteiger partial charge in [-0.15, -0.1) is 0 Å². The highest BCUT2D eigenvalue weighted by Gasteiger charge is 2.40. The number of hydrogen-bond acceptors (Lipinski definition) is 4. The molecule has 0 aromatic heterocycles. The molecule has 2 aliphatic rings. The lowest BCUT2D eigenvalue weighted by atomic mass is 9.74. The molecule has 172 valence electrons. The van der Waals surface area contributed by atoms with Gasteiger partial charge in [0.2, 0.25) is 0 Å². The van der Waals surface area contributed by atoms with Crippen molar-refractivity contribution >= 4 is 5.91 Å². The largest absolute Gasteiger partial charge is 0.391 e. The molecule has 5 nitrogen and oxygen atoms in total. The van der Waals surface area contributed by atoms with Gasteiger partial charge in [0, 0.05) is 31.1 Å². The molecule has 1 saturated carbocycles. The van der Waals surface area contributed by atoms with Gasteiger partial charge in [0.05, 0.1) is 19.3 Å². The van der Waals surface area contributed by atoms with Gasteiger partial charge in [-0.2, -0.15) is 0 Å². The summed E-state index contributed by atoms with van der Waals surface area (Å²) in [5, 5.41) is 13.7. The van der Waals surface area contributed by atoms with E-state index >= 15 is 0 Å². The summed E-state index contributed by atoms with van der Waals surface area (Å²) in [6.07, 6.45) is 2.29. The third-order valence-corrected chi connectivity index (χ3v) is 6.96. The molecule has 0 radical (unpaired) electrons. The summed E-state index contributed by atoms with van der Waals surface area (Å²) < 4.78 is 33.7. The van der Waals surface area contributed by atoms with E-state index in [0.717, 1.165) is 43.6 Å². The number of ether oxygens (including phenoxy) is 1. The number of amides is 1. The Kier molecular flexibility index (Phi) is 7.18. The monoisotopic (exact) mass is 444 g/mol. The molecule has 0 bridgehead atoms. The van der Waals surface area contributed by atoms with Gasteiger partial charge >= 0.3 is 0 Å². The number of nitrogens with one attached hydrogen (secondary N) is 1. The highest BCUT2D eigenvalue weighted by atomic mass is 19.1. The molecule has 1 aliphatic carbocycles. The van der Waals surface area contributed by atoms with E-state index in [9.17, 15) is 18.7 Å². The molecular weight excluding hydrogens is 414 g/mol. The fraction of sp³-hybridized carbons (Fsp3) is 0.480. The Hall–Kier alpha value is -2.35. The molecule has 32 heavy (non-hydrogen) atoms. The lowest BCUT2D eigenvalue weighted by Gasteiger charge is -2.37. The van der Waals surface area contributed by atoms with E-state index in [1.54, 1.807) is 0 Å². The van der Waals surface area contributed by atoms with Gasteiger partial charge in [0.15, 0.2) is 0 Å². The second-order valence-electron chi connectivity index (χ2n) is 8.79. The van der Waals surface area contributed by atoms with Gasteiger partial charge < -0.3 is 15.2 Å². The van der Waals surface area contributed by atoms with Crippen LogP contribution < -0.4 is 5.32 Å². The van der Waals surface area contributed by atoms with Crippen LogP contribution in [0.15, 0.2) is 48.5 Å². The van der Waals surface area contributed by atoms with Crippen molar-refractivity contribution < 1.29 is 23.4 Å². The number of hydrogen-bond donors (Lipinski definition) is 2. The van der Waals surface area contributed by atoms with Crippen LogP contribution in [0, 0.1) is 11.6 Å². The average molecular weight is 445 g/mol. The summed E-state index contributed by atoms with van der Waals surface area (Å²) in [4.78, 5) is 15.0. The second kappa shape index (κ2) is 10.1. The minimum absolute atomic E-state index is 0.0317. The summed E-state index contributed by atoms with van der Waals surface area (Å²) in [5.41, 5.74) is 0.0698. The highest BCUT2D eigenvalue weighted by Crippen LogP contribution is 2.39. The summed E-state index contributed by atoms with van der Waals surface area (Å²) in [6.45, 7) is 3.16. The van der Waals surface area contributed by atoms with Crippen LogP contribution in [0.3, 0.4) is 0 Å². The van der Waals surface area contributed by atoms with Crippen LogP contribution in [-0.4, -0.2) is 60.9 Å². The standard InChI is InChI=1S/C25H30F2N2O3/c26-19-7-4-8-20(27)23(19)24(31)28-17-25(18-5-2-1-3-6-18)11-9-21(22(30)10-12-25)29-13-15-32-16-14-29/h1-8,21-22,30H,9-17H2,(H,28,31)/t21-,22-,25-/m1/s1. The van der Waals surface area contributed by atoms with Crippen molar-refractivity contribution in [3.8, 4) is 0 Å². The van der Waals surface area contributed by atoms with E-state index in [4.69, 9.17) is 4.74 Å². The summed E-state index contributed by atoms with van der Waals surface area (Å²) in [5.74, 6) is -2.51. The molecular formula is C25H30F2N2O3. The zero-order valence-corrected chi connectivity index (χ0v) is 18.1. The Labute approximate surface area is 187 Å². The number of aliphatic hydroxyl groups is 1. The first kappa shape index (κ1) is 22.8. The van der Waals surface area contributed by atoms with E-state index in [1.807, 2.05) is 30.3 Å². The second-order valence-corrected chi connectivity index (χ2v) is 8.79. The molecule has 7 heteroatoms. The number of carbonyl (C=O) groups is 1. The fourth-order valence-corrected chi connectivity index (χ4v) is 5.10. The van der Waals surface area contributed by atoms with Crippen molar-refractivity contribution in [3.05, 3.63) is 71.3 Å². The van der Waals surface area contributed by atoms with Crippen LogP contribution in [-0.2, 0) is 10.2 Å². The predicted octanol–water partition coefficient (Wildman–Crippen LogP) is 3.27. The number of carbonyl (C=O) groups excluding carboxylic acids is 1. The maximum absolute atomic E-state index is 14.1.